The molecule has 0 unspecified atom stereocenters. The number of fused-ring (bicyclic) bond motifs is 1. The van der Waals surface area contributed by atoms with Crippen LogP contribution in [0.15, 0.2) is 64.8 Å². The number of hydrogen-bond donors (Lipinski definition) is 1. The first kappa shape index (κ1) is 16.3. The average molecular weight is 332 g/mol. The predicted octanol–water partition coefficient (Wildman–Crippen LogP) is 5.91. The summed E-state index contributed by atoms with van der Waals surface area (Å²) in [6.07, 6.45) is 3.80. The topological polar surface area (TPSA) is 36.2 Å². The van der Waals surface area contributed by atoms with E-state index in [1.807, 2.05) is 35.0 Å². The van der Waals surface area contributed by atoms with Crippen LogP contribution >= 0.6 is 11.3 Å². The standard InChI is InChI=1S/C21H20N2S/c1-6-13-14-9-8-10-15(19(14)21(3,4)17(13)7-2)20(22)16-11-24-12-18(16)23-5/h6-12,22H,1-2,5H2,3-4H3. The third-order valence-electron chi connectivity index (χ3n) is 4.70. The Morgan fingerprint density at radius 1 is 1.17 bits per heavy atom. The molecule has 3 heteroatoms. The lowest BCUT2D eigenvalue weighted by atomic mass is 9.77. The highest BCUT2D eigenvalue weighted by atomic mass is 32.1. The van der Waals surface area contributed by atoms with Crippen molar-refractivity contribution in [2.24, 2.45) is 4.99 Å². The summed E-state index contributed by atoms with van der Waals surface area (Å²) in [6, 6.07) is 6.11. The molecule has 3 rings (SSSR count). The van der Waals surface area contributed by atoms with Crippen LogP contribution in [0.3, 0.4) is 0 Å². The summed E-state index contributed by atoms with van der Waals surface area (Å²) < 4.78 is 0. The predicted molar refractivity (Wildman–Crippen MR) is 106 cm³/mol. The second-order valence-electron chi connectivity index (χ2n) is 6.29. The van der Waals surface area contributed by atoms with Gasteiger partial charge in [-0.25, -0.2) is 0 Å². The van der Waals surface area contributed by atoms with Crippen LogP contribution in [-0.4, -0.2) is 12.4 Å². The molecule has 120 valence electrons. The highest BCUT2D eigenvalue weighted by molar-refractivity contribution is 7.08. The molecule has 0 aliphatic heterocycles. The van der Waals surface area contributed by atoms with Crippen LogP contribution in [0.5, 0.6) is 0 Å². The van der Waals surface area contributed by atoms with Gasteiger partial charge >= 0.3 is 0 Å². The Hall–Kier alpha value is -2.52. The Balaban J connectivity index is 2.25. The van der Waals surface area contributed by atoms with E-state index in [0.29, 0.717) is 5.71 Å². The Bertz CT molecular complexity index is 910. The Morgan fingerprint density at radius 3 is 2.54 bits per heavy atom. The smallest absolute Gasteiger partial charge is 0.0823 e. The molecule has 1 N–H and O–H groups in total. The van der Waals surface area contributed by atoms with Gasteiger partial charge in [0.1, 0.15) is 0 Å². The highest BCUT2D eigenvalue weighted by Gasteiger charge is 2.38. The Kier molecular flexibility index (Phi) is 3.98. The number of nitrogens with one attached hydrogen (secondary N) is 1. The fourth-order valence-corrected chi connectivity index (χ4v) is 4.38. The molecule has 0 spiro atoms. The molecule has 1 aliphatic rings. The van der Waals surface area contributed by atoms with Gasteiger partial charge in [0.15, 0.2) is 0 Å². The zero-order valence-electron chi connectivity index (χ0n) is 14.0. The van der Waals surface area contributed by atoms with Crippen molar-refractivity contribution in [2.75, 3.05) is 0 Å². The van der Waals surface area contributed by atoms with Crippen LogP contribution in [0.4, 0.5) is 5.69 Å². The molecule has 0 fully saturated rings. The quantitative estimate of drug-likeness (QED) is 0.661. The van der Waals surface area contributed by atoms with Gasteiger partial charge < -0.3 is 0 Å². The van der Waals surface area contributed by atoms with Crippen molar-refractivity contribution >= 4 is 35.0 Å². The normalized spacial score (nSPS) is 15.1. The van der Waals surface area contributed by atoms with Crippen LogP contribution in [0.1, 0.15) is 36.1 Å². The minimum atomic E-state index is -0.221. The molecule has 2 nitrogen and oxygen atoms in total. The average Bonchev–Trinajstić information content (AvgIpc) is 3.14. The van der Waals surface area contributed by atoms with Crippen LogP contribution in [-0.2, 0) is 5.41 Å². The molecule has 0 radical (unpaired) electrons. The van der Waals surface area contributed by atoms with Crippen LogP contribution in [0.25, 0.3) is 5.57 Å². The summed E-state index contributed by atoms with van der Waals surface area (Å²) in [6.45, 7) is 15.9. The lowest BCUT2D eigenvalue weighted by molar-refractivity contribution is 0.653. The second-order valence-corrected chi connectivity index (χ2v) is 7.04. The van der Waals surface area contributed by atoms with Gasteiger partial charge in [-0.3, -0.25) is 10.4 Å². The summed E-state index contributed by atoms with van der Waals surface area (Å²) in [7, 11) is 0. The highest BCUT2D eigenvalue weighted by Crippen LogP contribution is 2.49. The minimum absolute atomic E-state index is 0.221. The first-order chi connectivity index (χ1) is 11.5. The van der Waals surface area contributed by atoms with E-state index in [4.69, 9.17) is 5.41 Å². The third kappa shape index (κ3) is 2.16. The van der Waals surface area contributed by atoms with Crippen LogP contribution < -0.4 is 0 Å². The van der Waals surface area contributed by atoms with Crippen molar-refractivity contribution in [3.63, 3.8) is 0 Å². The van der Waals surface area contributed by atoms with Gasteiger partial charge in [0.2, 0.25) is 0 Å². The maximum Gasteiger partial charge on any atom is 0.0823 e. The van der Waals surface area contributed by atoms with E-state index in [9.17, 15) is 0 Å². The van der Waals surface area contributed by atoms with E-state index in [2.05, 4.69) is 44.8 Å². The molecule has 0 saturated heterocycles. The lowest BCUT2D eigenvalue weighted by Gasteiger charge is -2.25. The van der Waals surface area contributed by atoms with Crippen LogP contribution in [0.2, 0.25) is 0 Å². The van der Waals surface area contributed by atoms with Gasteiger partial charge in [0, 0.05) is 27.3 Å². The zero-order valence-corrected chi connectivity index (χ0v) is 14.8. The lowest BCUT2D eigenvalue weighted by Crippen LogP contribution is -2.20. The molecular weight excluding hydrogens is 312 g/mol. The molecular formula is C21H20N2S. The second kappa shape index (κ2) is 5.84. The minimum Gasteiger partial charge on any atom is -0.300 e. The first-order valence-corrected chi connectivity index (χ1v) is 8.67. The van der Waals surface area contributed by atoms with E-state index in [1.165, 1.54) is 11.3 Å². The van der Waals surface area contributed by atoms with Crippen molar-refractivity contribution in [3.8, 4) is 0 Å². The SMILES string of the molecule is C=CC1=C(C=C)C(C)(C)c2c(C(=N)c3cscc3N=C)cccc21. The van der Waals surface area contributed by atoms with Crippen molar-refractivity contribution in [3.05, 3.63) is 82.1 Å². The monoisotopic (exact) mass is 332 g/mol. The van der Waals surface area contributed by atoms with Gasteiger partial charge in [0.25, 0.3) is 0 Å². The van der Waals surface area contributed by atoms with E-state index in [1.54, 1.807) is 0 Å². The van der Waals surface area contributed by atoms with Gasteiger partial charge in [0.05, 0.1) is 11.4 Å². The molecule has 0 saturated carbocycles. The molecule has 0 amide bonds. The molecule has 1 aliphatic carbocycles. The zero-order chi connectivity index (χ0) is 17.5. The molecule has 2 aromatic rings. The number of aliphatic imine (C=N–C) groups is 1. The molecule has 0 bridgehead atoms. The number of rotatable bonds is 5. The van der Waals surface area contributed by atoms with Crippen molar-refractivity contribution in [1.29, 1.82) is 5.41 Å². The van der Waals surface area contributed by atoms with Crippen LogP contribution in [0, 0.1) is 5.41 Å². The van der Waals surface area contributed by atoms with Gasteiger partial charge in [-0.05, 0) is 29.0 Å². The molecule has 1 heterocycles. The number of nitrogens with zero attached hydrogens (tertiary/aromatic N) is 1. The maximum atomic E-state index is 8.77. The summed E-state index contributed by atoms with van der Waals surface area (Å²) in [5.74, 6) is 0. The molecule has 0 atom stereocenters. The van der Waals surface area contributed by atoms with Gasteiger partial charge in [-0.2, -0.15) is 0 Å². The summed E-state index contributed by atoms with van der Waals surface area (Å²) >= 11 is 1.54. The summed E-state index contributed by atoms with van der Waals surface area (Å²) in [5.41, 5.74) is 7.32. The summed E-state index contributed by atoms with van der Waals surface area (Å²) in [4.78, 5) is 4.05. The molecule has 1 aromatic heterocycles. The Labute approximate surface area is 147 Å². The summed E-state index contributed by atoms with van der Waals surface area (Å²) in [5, 5.41) is 12.7. The number of hydrogen-bond acceptors (Lipinski definition) is 3. The van der Waals surface area contributed by atoms with Crippen molar-refractivity contribution < 1.29 is 0 Å². The number of thiophene rings is 1. The fourth-order valence-electron chi connectivity index (χ4n) is 3.60. The van der Waals surface area contributed by atoms with Gasteiger partial charge in [-0.15, -0.1) is 11.3 Å². The largest absolute Gasteiger partial charge is 0.300 e. The van der Waals surface area contributed by atoms with Crippen molar-refractivity contribution in [1.82, 2.24) is 0 Å². The first-order valence-electron chi connectivity index (χ1n) is 7.73. The Morgan fingerprint density at radius 2 is 1.92 bits per heavy atom. The van der Waals surface area contributed by atoms with E-state index >= 15 is 0 Å². The fraction of sp³-hybridized carbons (Fsp3) is 0.143. The van der Waals surface area contributed by atoms with E-state index in [0.717, 1.165) is 39.1 Å². The van der Waals surface area contributed by atoms with Crippen molar-refractivity contribution in [2.45, 2.75) is 19.3 Å². The number of benzene rings is 1. The number of allylic oxidation sites excluding steroid dienone is 4. The maximum absolute atomic E-state index is 8.77. The molecule has 1 aromatic carbocycles. The molecule has 24 heavy (non-hydrogen) atoms. The van der Waals surface area contributed by atoms with E-state index < -0.39 is 0 Å². The van der Waals surface area contributed by atoms with E-state index in [-0.39, 0.29) is 5.41 Å². The third-order valence-corrected chi connectivity index (χ3v) is 5.43. The van der Waals surface area contributed by atoms with Gasteiger partial charge in [-0.1, -0.05) is 57.4 Å².